The summed E-state index contributed by atoms with van der Waals surface area (Å²) in [5.74, 6) is 0.314. The van der Waals surface area contributed by atoms with E-state index >= 15 is 0 Å². The second-order valence-electron chi connectivity index (χ2n) is 5.02. The van der Waals surface area contributed by atoms with Gasteiger partial charge in [-0.25, -0.2) is 4.98 Å². The van der Waals surface area contributed by atoms with Crippen LogP contribution in [0.15, 0.2) is 17.6 Å². The molecule has 2 aromatic rings. The summed E-state index contributed by atoms with van der Waals surface area (Å²) < 4.78 is 6.64. The van der Waals surface area contributed by atoms with Gasteiger partial charge in [-0.3, -0.25) is 10.1 Å². The smallest absolute Gasteiger partial charge is 0.337 e. The summed E-state index contributed by atoms with van der Waals surface area (Å²) in [5.41, 5.74) is 7.85. The van der Waals surface area contributed by atoms with Crippen molar-refractivity contribution in [1.29, 1.82) is 0 Å². The molecule has 0 radical (unpaired) electrons. The average Bonchev–Trinajstić information content (AvgIpc) is 2.89. The second kappa shape index (κ2) is 5.34. The minimum absolute atomic E-state index is 0.00425. The number of nitro groups is 1. The van der Waals surface area contributed by atoms with Gasteiger partial charge < -0.3 is 10.5 Å². The summed E-state index contributed by atoms with van der Waals surface area (Å²) in [4.78, 5) is 15.0. The molecule has 0 amide bonds. The van der Waals surface area contributed by atoms with Crippen molar-refractivity contribution in [2.24, 2.45) is 5.73 Å². The van der Waals surface area contributed by atoms with Crippen LogP contribution in [0, 0.1) is 10.1 Å². The van der Waals surface area contributed by atoms with Gasteiger partial charge >= 0.3 is 5.69 Å². The molecule has 1 aromatic carbocycles. The van der Waals surface area contributed by atoms with Gasteiger partial charge in [-0.1, -0.05) is 0 Å². The van der Waals surface area contributed by atoms with Crippen LogP contribution in [0.3, 0.4) is 0 Å². The number of fused-ring (bicyclic) bond motifs is 1. The summed E-state index contributed by atoms with van der Waals surface area (Å²) in [6.07, 6.45) is 3.49. The molecule has 1 aliphatic rings. The van der Waals surface area contributed by atoms with Crippen LogP contribution in [0.1, 0.15) is 25.7 Å². The molecule has 0 spiro atoms. The summed E-state index contributed by atoms with van der Waals surface area (Å²) in [5, 5.41) is 11.3. The number of benzene rings is 1. The predicted octanol–water partition coefficient (Wildman–Crippen LogP) is 2.85. The fraction of sp³-hybridized carbons (Fsp3) is 0.462. The highest BCUT2D eigenvalue weighted by Crippen LogP contribution is 2.37. The topological polar surface area (TPSA) is 91.3 Å². The Hall–Kier alpha value is -1.73. The summed E-state index contributed by atoms with van der Waals surface area (Å²) >= 11 is 1.39. The van der Waals surface area contributed by atoms with E-state index in [4.69, 9.17) is 10.5 Å². The first kappa shape index (κ1) is 13.3. The molecule has 1 aromatic heterocycles. The molecule has 0 bridgehead atoms. The number of ether oxygens (including phenoxy) is 1. The van der Waals surface area contributed by atoms with Gasteiger partial charge in [-0.15, -0.1) is 11.3 Å². The van der Waals surface area contributed by atoms with Crippen LogP contribution in [0.5, 0.6) is 5.75 Å². The third kappa shape index (κ3) is 2.46. The van der Waals surface area contributed by atoms with Gasteiger partial charge in [-0.2, -0.15) is 0 Å². The molecular formula is C13H15N3O3S. The van der Waals surface area contributed by atoms with E-state index in [0.717, 1.165) is 30.4 Å². The van der Waals surface area contributed by atoms with Crippen molar-refractivity contribution in [3.63, 3.8) is 0 Å². The average molecular weight is 293 g/mol. The molecule has 1 saturated carbocycles. The molecular weight excluding hydrogens is 278 g/mol. The monoisotopic (exact) mass is 293 g/mol. The summed E-state index contributed by atoms with van der Waals surface area (Å²) in [6.45, 7) is 0. The molecule has 0 aliphatic heterocycles. The minimum atomic E-state index is -0.411. The fourth-order valence-electron chi connectivity index (χ4n) is 2.56. The van der Waals surface area contributed by atoms with Crippen LogP contribution in [-0.2, 0) is 0 Å². The number of aromatic nitrogens is 1. The van der Waals surface area contributed by atoms with E-state index in [0.29, 0.717) is 11.3 Å². The Morgan fingerprint density at radius 2 is 2.10 bits per heavy atom. The van der Waals surface area contributed by atoms with E-state index in [9.17, 15) is 10.1 Å². The highest BCUT2D eigenvalue weighted by molar-refractivity contribution is 7.16. The lowest BCUT2D eigenvalue weighted by molar-refractivity contribution is -0.384. The highest BCUT2D eigenvalue weighted by atomic mass is 32.1. The van der Waals surface area contributed by atoms with E-state index in [1.807, 2.05) is 6.07 Å². The third-order valence-electron chi connectivity index (χ3n) is 3.63. The van der Waals surface area contributed by atoms with Gasteiger partial charge in [0.15, 0.2) is 11.3 Å². The zero-order chi connectivity index (χ0) is 14.1. The maximum absolute atomic E-state index is 11.3. The third-order valence-corrected chi connectivity index (χ3v) is 4.43. The fourth-order valence-corrected chi connectivity index (χ4v) is 3.24. The van der Waals surface area contributed by atoms with E-state index in [-0.39, 0.29) is 17.8 Å². The molecule has 0 unspecified atom stereocenters. The molecule has 3 rings (SSSR count). The number of hydrogen-bond donors (Lipinski definition) is 1. The van der Waals surface area contributed by atoms with Gasteiger partial charge in [0.05, 0.1) is 21.2 Å². The van der Waals surface area contributed by atoms with Gasteiger partial charge in [0.2, 0.25) is 0 Å². The zero-order valence-corrected chi connectivity index (χ0v) is 11.6. The first-order valence-electron chi connectivity index (χ1n) is 6.58. The maximum Gasteiger partial charge on any atom is 0.337 e. The van der Waals surface area contributed by atoms with E-state index in [2.05, 4.69) is 4.98 Å². The molecule has 0 saturated heterocycles. The van der Waals surface area contributed by atoms with Crippen LogP contribution in [0.2, 0.25) is 0 Å². The van der Waals surface area contributed by atoms with Gasteiger partial charge in [0.25, 0.3) is 0 Å². The standard InChI is InChI=1S/C13H15N3O3S/c14-8-1-3-9(4-2-8)19-10-5-6-11-12(15-7-20-11)13(10)16(17)18/h5-9H,1-4,14H2. The van der Waals surface area contributed by atoms with Crippen molar-refractivity contribution in [2.75, 3.05) is 0 Å². The number of nitro benzene ring substituents is 1. The quantitative estimate of drug-likeness (QED) is 0.694. The molecule has 2 N–H and O–H groups in total. The molecule has 1 fully saturated rings. The van der Waals surface area contributed by atoms with Crippen molar-refractivity contribution in [3.05, 3.63) is 27.8 Å². The Labute approximate surface area is 119 Å². The normalized spacial score (nSPS) is 22.9. The Morgan fingerprint density at radius 3 is 2.80 bits per heavy atom. The van der Waals surface area contributed by atoms with Crippen LogP contribution in [0.25, 0.3) is 10.2 Å². The zero-order valence-electron chi connectivity index (χ0n) is 10.8. The molecule has 0 atom stereocenters. The van der Waals surface area contributed by atoms with Gasteiger partial charge in [0, 0.05) is 6.04 Å². The number of nitrogens with two attached hydrogens (primary N) is 1. The van der Waals surface area contributed by atoms with Crippen molar-refractivity contribution in [3.8, 4) is 5.75 Å². The molecule has 6 nitrogen and oxygen atoms in total. The lowest BCUT2D eigenvalue weighted by Crippen LogP contribution is -2.31. The molecule has 7 heteroatoms. The van der Waals surface area contributed by atoms with E-state index < -0.39 is 4.92 Å². The summed E-state index contributed by atoms with van der Waals surface area (Å²) in [6, 6.07) is 3.72. The largest absolute Gasteiger partial charge is 0.483 e. The molecule has 20 heavy (non-hydrogen) atoms. The van der Waals surface area contributed by atoms with E-state index in [1.54, 1.807) is 11.6 Å². The maximum atomic E-state index is 11.3. The van der Waals surface area contributed by atoms with Crippen molar-refractivity contribution in [2.45, 2.75) is 37.8 Å². The molecule has 1 heterocycles. The number of rotatable bonds is 3. The van der Waals surface area contributed by atoms with Crippen LogP contribution >= 0.6 is 11.3 Å². The Kier molecular flexibility index (Phi) is 3.54. The number of thiazole rings is 1. The van der Waals surface area contributed by atoms with Gasteiger partial charge in [0.1, 0.15) is 0 Å². The first-order valence-corrected chi connectivity index (χ1v) is 7.46. The molecule has 1 aliphatic carbocycles. The SMILES string of the molecule is NC1CCC(Oc2ccc3scnc3c2[N+](=O)[O-])CC1. The molecule has 106 valence electrons. The Balaban J connectivity index is 1.90. The first-order chi connectivity index (χ1) is 9.65. The lowest BCUT2D eigenvalue weighted by atomic mass is 9.94. The number of hydrogen-bond acceptors (Lipinski definition) is 6. The highest BCUT2D eigenvalue weighted by Gasteiger charge is 2.26. The van der Waals surface area contributed by atoms with Crippen molar-refractivity contribution in [1.82, 2.24) is 4.98 Å². The Bertz CT molecular complexity index is 635. The minimum Gasteiger partial charge on any atom is -0.483 e. The van der Waals surface area contributed by atoms with Crippen LogP contribution in [0.4, 0.5) is 5.69 Å². The number of nitrogens with zero attached hydrogens (tertiary/aromatic N) is 2. The van der Waals surface area contributed by atoms with E-state index in [1.165, 1.54) is 11.3 Å². The van der Waals surface area contributed by atoms with Crippen LogP contribution in [-0.4, -0.2) is 22.1 Å². The predicted molar refractivity (Wildman–Crippen MR) is 77.1 cm³/mol. The second-order valence-corrected chi connectivity index (χ2v) is 5.91. The summed E-state index contributed by atoms with van der Waals surface area (Å²) in [7, 11) is 0. The lowest BCUT2D eigenvalue weighted by Gasteiger charge is -2.26. The van der Waals surface area contributed by atoms with Gasteiger partial charge in [-0.05, 0) is 37.8 Å². The van der Waals surface area contributed by atoms with Crippen molar-refractivity contribution >= 4 is 27.2 Å². The van der Waals surface area contributed by atoms with Crippen molar-refractivity contribution < 1.29 is 9.66 Å². The Morgan fingerprint density at radius 1 is 1.35 bits per heavy atom. The van der Waals surface area contributed by atoms with Crippen LogP contribution < -0.4 is 10.5 Å².